The molecular weight excluding hydrogens is 268 g/mol. The van der Waals surface area contributed by atoms with Gasteiger partial charge >= 0.3 is 0 Å². The van der Waals surface area contributed by atoms with E-state index >= 15 is 0 Å². The predicted molar refractivity (Wildman–Crippen MR) is 81.3 cm³/mol. The third kappa shape index (κ3) is 4.20. The van der Waals surface area contributed by atoms with Gasteiger partial charge in [0.15, 0.2) is 0 Å². The molecular formula is C16H22N2O3. The van der Waals surface area contributed by atoms with Gasteiger partial charge in [-0.05, 0) is 38.0 Å². The maximum atomic E-state index is 12.4. The molecule has 1 rings (SSSR count). The highest BCUT2D eigenvalue weighted by atomic mass is 16.5. The zero-order valence-corrected chi connectivity index (χ0v) is 13.0. The summed E-state index contributed by atoms with van der Waals surface area (Å²) in [4.78, 5) is 12.4. The summed E-state index contributed by atoms with van der Waals surface area (Å²) in [5.41, 5.74) is -0.0810. The summed E-state index contributed by atoms with van der Waals surface area (Å²) in [5.74, 6) is 0.324. The van der Waals surface area contributed by atoms with Gasteiger partial charge in [-0.1, -0.05) is 13.8 Å². The minimum Gasteiger partial charge on any atom is -0.497 e. The highest BCUT2D eigenvalue weighted by molar-refractivity contribution is 5.98. The van der Waals surface area contributed by atoms with Crippen LogP contribution in [0.15, 0.2) is 18.2 Å². The topological polar surface area (TPSA) is 71.3 Å². The van der Waals surface area contributed by atoms with Crippen LogP contribution < -0.4 is 10.1 Å². The number of carbonyl (C=O) groups is 1. The van der Waals surface area contributed by atoms with E-state index in [4.69, 9.17) is 14.7 Å². The van der Waals surface area contributed by atoms with Crippen molar-refractivity contribution in [2.24, 2.45) is 0 Å². The molecule has 1 aromatic carbocycles. The van der Waals surface area contributed by atoms with Crippen molar-refractivity contribution < 1.29 is 14.3 Å². The molecule has 0 heterocycles. The highest BCUT2D eigenvalue weighted by Gasteiger charge is 2.32. The molecule has 0 bridgehead atoms. The number of nitrogens with zero attached hydrogens (tertiary/aromatic N) is 1. The molecule has 5 nitrogen and oxygen atoms in total. The van der Waals surface area contributed by atoms with Crippen LogP contribution in [-0.4, -0.2) is 25.2 Å². The maximum Gasteiger partial charge on any atom is 0.256 e. The van der Waals surface area contributed by atoms with E-state index in [0.717, 1.165) is 6.42 Å². The number of nitrogens with one attached hydrogen (secondary N) is 1. The van der Waals surface area contributed by atoms with E-state index in [9.17, 15) is 4.79 Å². The summed E-state index contributed by atoms with van der Waals surface area (Å²) < 4.78 is 10.7. The molecule has 0 spiro atoms. The molecule has 0 aliphatic carbocycles. The number of benzene rings is 1. The van der Waals surface area contributed by atoms with Crippen molar-refractivity contribution in [3.63, 3.8) is 0 Å². The number of methoxy groups -OCH3 is 1. The largest absolute Gasteiger partial charge is 0.497 e. The molecule has 1 atom stereocenters. The number of rotatable bonds is 7. The van der Waals surface area contributed by atoms with Gasteiger partial charge in [-0.15, -0.1) is 0 Å². The zero-order chi connectivity index (χ0) is 15.9. The lowest BCUT2D eigenvalue weighted by Gasteiger charge is -2.27. The van der Waals surface area contributed by atoms with Gasteiger partial charge in [0.05, 0.1) is 18.4 Å². The lowest BCUT2D eigenvalue weighted by Crippen LogP contribution is -2.42. The Hall–Kier alpha value is -2.06. The van der Waals surface area contributed by atoms with Crippen molar-refractivity contribution in [2.45, 2.75) is 39.2 Å². The van der Waals surface area contributed by atoms with Crippen molar-refractivity contribution in [3.05, 3.63) is 23.8 Å². The Morgan fingerprint density at radius 3 is 2.67 bits per heavy atom. The quantitative estimate of drug-likeness (QED) is 0.837. The van der Waals surface area contributed by atoms with E-state index in [0.29, 0.717) is 30.0 Å². The number of amides is 1. The molecule has 1 amide bonds. The molecule has 1 N–H and O–H groups in total. The second-order valence-electron chi connectivity index (χ2n) is 4.91. The summed E-state index contributed by atoms with van der Waals surface area (Å²) >= 11 is 0. The molecule has 0 fully saturated rings. The third-order valence-corrected chi connectivity index (χ3v) is 3.38. The zero-order valence-electron chi connectivity index (χ0n) is 13.0. The van der Waals surface area contributed by atoms with Crippen LogP contribution in [0.4, 0.5) is 5.69 Å². The number of hydrogen-bond donors (Lipinski definition) is 1. The van der Waals surface area contributed by atoms with Gasteiger partial charge in [-0.2, -0.15) is 5.26 Å². The molecule has 21 heavy (non-hydrogen) atoms. The van der Waals surface area contributed by atoms with Crippen LogP contribution >= 0.6 is 0 Å². The first-order valence-corrected chi connectivity index (χ1v) is 7.04. The molecule has 0 unspecified atom stereocenters. The van der Waals surface area contributed by atoms with E-state index in [1.807, 2.05) is 13.8 Å². The average molecular weight is 290 g/mol. The van der Waals surface area contributed by atoms with Crippen LogP contribution in [0, 0.1) is 11.3 Å². The number of carbonyl (C=O) groups excluding carboxylic acids is 1. The number of anilines is 1. The van der Waals surface area contributed by atoms with Gasteiger partial charge < -0.3 is 14.8 Å². The SMILES string of the molecule is CCCO[C@@](C)(CC)C(=O)Nc1ccc(OC)cc1C#N. The summed E-state index contributed by atoms with van der Waals surface area (Å²) in [7, 11) is 1.53. The predicted octanol–water partition coefficient (Wildman–Crippen LogP) is 3.10. The minimum atomic E-state index is -0.900. The Morgan fingerprint density at radius 2 is 2.14 bits per heavy atom. The van der Waals surface area contributed by atoms with E-state index in [2.05, 4.69) is 11.4 Å². The summed E-state index contributed by atoms with van der Waals surface area (Å²) in [6.07, 6.45) is 1.39. The standard InChI is InChI=1S/C16H22N2O3/c1-5-9-21-16(3,6-2)15(19)18-14-8-7-13(20-4)10-12(14)11-17/h7-8,10H,5-6,9H2,1-4H3,(H,18,19)/t16-/m0/s1. The molecule has 0 aliphatic heterocycles. The average Bonchev–Trinajstić information content (AvgIpc) is 2.52. The Balaban J connectivity index is 2.94. The molecule has 114 valence electrons. The van der Waals surface area contributed by atoms with Gasteiger partial charge in [-0.25, -0.2) is 0 Å². The maximum absolute atomic E-state index is 12.4. The van der Waals surface area contributed by atoms with Gasteiger partial charge in [-0.3, -0.25) is 4.79 Å². The molecule has 1 aromatic rings. The van der Waals surface area contributed by atoms with Crippen LogP contribution in [0.3, 0.4) is 0 Å². The monoisotopic (exact) mass is 290 g/mol. The molecule has 5 heteroatoms. The molecule has 0 saturated heterocycles. The fourth-order valence-corrected chi connectivity index (χ4v) is 1.76. The van der Waals surface area contributed by atoms with E-state index in [1.54, 1.807) is 25.1 Å². The first-order valence-electron chi connectivity index (χ1n) is 7.04. The normalized spacial score (nSPS) is 13.1. The number of hydrogen-bond acceptors (Lipinski definition) is 4. The van der Waals surface area contributed by atoms with Crippen LogP contribution in [0.25, 0.3) is 0 Å². The summed E-state index contributed by atoms with van der Waals surface area (Å²) in [5, 5.41) is 11.9. The van der Waals surface area contributed by atoms with Gasteiger partial charge in [0.25, 0.3) is 5.91 Å². The minimum absolute atomic E-state index is 0.250. The molecule has 0 aromatic heterocycles. The fraction of sp³-hybridized carbons (Fsp3) is 0.500. The van der Waals surface area contributed by atoms with Crippen molar-refractivity contribution in [1.29, 1.82) is 5.26 Å². The molecule has 0 radical (unpaired) electrons. The van der Waals surface area contributed by atoms with Crippen LogP contribution in [0.5, 0.6) is 5.75 Å². The Kier molecular flexibility index (Phi) is 6.19. The molecule has 0 aliphatic rings. The van der Waals surface area contributed by atoms with Gasteiger partial charge in [0, 0.05) is 6.61 Å². The van der Waals surface area contributed by atoms with E-state index < -0.39 is 5.60 Å². The van der Waals surface area contributed by atoms with Crippen molar-refractivity contribution in [1.82, 2.24) is 0 Å². The second kappa shape index (κ2) is 7.65. The van der Waals surface area contributed by atoms with Crippen molar-refractivity contribution in [2.75, 3.05) is 19.0 Å². The number of ether oxygens (including phenoxy) is 2. The summed E-state index contributed by atoms with van der Waals surface area (Å²) in [6, 6.07) is 7.00. The van der Waals surface area contributed by atoms with Crippen molar-refractivity contribution >= 4 is 11.6 Å². The lowest BCUT2D eigenvalue weighted by atomic mass is 10.0. The molecule has 0 saturated carbocycles. The van der Waals surface area contributed by atoms with Gasteiger partial charge in [0.2, 0.25) is 0 Å². The second-order valence-corrected chi connectivity index (χ2v) is 4.91. The highest BCUT2D eigenvalue weighted by Crippen LogP contribution is 2.24. The fourth-order valence-electron chi connectivity index (χ4n) is 1.76. The van der Waals surface area contributed by atoms with Crippen LogP contribution in [-0.2, 0) is 9.53 Å². The van der Waals surface area contributed by atoms with E-state index in [-0.39, 0.29) is 5.91 Å². The smallest absolute Gasteiger partial charge is 0.256 e. The van der Waals surface area contributed by atoms with Crippen molar-refractivity contribution in [3.8, 4) is 11.8 Å². The number of nitriles is 1. The van der Waals surface area contributed by atoms with Gasteiger partial charge in [0.1, 0.15) is 17.4 Å². The lowest BCUT2D eigenvalue weighted by molar-refractivity contribution is -0.139. The van der Waals surface area contributed by atoms with E-state index in [1.165, 1.54) is 7.11 Å². The van der Waals surface area contributed by atoms with Crippen LogP contribution in [0.2, 0.25) is 0 Å². The van der Waals surface area contributed by atoms with Crippen LogP contribution in [0.1, 0.15) is 39.2 Å². The summed E-state index contributed by atoms with van der Waals surface area (Å²) in [6.45, 7) is 6.17. The Labute approximate surface area is 125 Å². The first kappa shape index (κ1) is 17.0. The first-order chi connectivity index (χ1) is 10.0. The Morgan fingerprint density at radius 1 is 1.43 bits per heavy atom. The third-order valence-electron chi connectivity index (χ3n) is 3.38. The Bertz CT molecular complexity index is 537.